The fourth-order valence-electron chi connectivity index (χ4n) is 4.78. The molecule has 0 amide bonds. The van der Waals surface area contributed by atoms with Crippen molar-refractivity contribution in [2.75, 3.05) is 26.2 Å². The van der Waals surface area contributed by atoms with Crippen LogP contribution in [0.4, 0.5) is 0 Å². The van der Waals surface area contributed by atoms with Crippen LogP contribution in [0.5, 0.6) is 0 Å². The van der Waals surface area contributed by atoms with Crippen LogP contribution in [0.2, 0.25) is 0 Å². The molecule has 0 atom stereocenters. The molecule has 1 aliphatic rings. The number of hydrogen-bond donors (Lipinski definition) is 3. The molecule has 4 aromatic rings. The normalized spacial score (nSPS) is 14.5. The highest BCUT2D eigenvalue weighted by atomic mass is 16.3. The third-order valence-electron chi connectivity index (χ3n) is 6.54. The van der Waals surface area contributed by atoms with E-state index >= 15 is 0 Å². The van der Waals surface area contributed by atoms with Crippen LogP contribution >= 0.6 is 0 Å². The number of aryl methyl sites for hydroxylation is 1. The quantitative estimate of drug-likeness (QED) is 0.356. The van der Waals surface area contributed by atoms with Crippen molar-refractivity contribution in [3.05, 3.63) is 77.5 Å². The van der Waals surface area contributed by atoms with Gasteiger partial charge in [0, 0.05) is 24.0 Å². The second kappa shape index (κ2) is 11.1. The Kier molecular flexibility index (Phi) is 7.99. The van der Waals surface area contributed by atoms with Crippen molar-refractivity contribution in [1.29, 1.82) is 0 Å². The van der Waals surface area contributed by atoms with Crippen molar-refractivity contribution in [2.45, 2.75) is 52.1 Å². The lowest BCUT2D eigenvalue weighted by molar-refractivity contribution is 0.265. The minimum atomic E-state index is 0.00515. The van der Waals surface area contributed by atoms with E-state index in [0.29, 0.717) is 6.54 Å². The number of fused-ring (bicyclic) bond motifs is 2. The average molecular weight is 459 g/mol. The zero-order chi connectivity index (χ0) is 24.0. The molecule has 2 heterocycles. The van der Waals surface area contributed by atoms with Crippen molar-refractivity contribution >= 4 is 21.7 Å². The fourth-order valence-corrected chi connectivity index (χ4v) is 4.78. The van der Waals surface area contributed by atoms with Crippen molar-refractivity contribution in [1.82, 2.24) is 20.4 Å². The molecule has 5 heteroatoms. The van der Waals surface area contributed by atoms with Gasteiger partial charge in [0.15, 0.2) is 0 Å². The van der Waals surface area contributed by atoms with Gasteiger partial charge in [-0.2, -0.15) is 5.10 Å². The molecule has 5 rings (SSSR count). The molecular weight excluding hydrogens is 420 g/mol. The van der Waals surface area contributed by atoms with E-state index in [1.165, 1.54) is 58.9 Å². The van der Waals surface area contributed by atoms with Gasteiger partial charge in [0.1, 0.15) is 0 Å². The van der Waals surface area contributed by atoms with E-state index < -0.39 is 0 Å². The van der Waals surface area contributed by atoms with E-state index in [1.807, 2.05) is 0 Å². The lowest BCUT2D eigenvalue weighted by Crippen LogP contribution is -2.42. The molecule has 0 radical (unpaired) electrons. The van der Waals surface area contributed by atoms with Gasteiger partial charge < -0.3 is 10.4 Å². The molecule has 0 saturated carbocycles. The Hall–Kier alpha value is -2.73. The summed E-state index contributed by atoms with van der Waals surface area (Å²) in [4.78, 5) is 2.50. The summed E-state index contributed by atoms with van der Waals surface area (Å²) in [5, 5.41) is 23.6. The maximum atomic E-state index is 8.87. The van der Waals surface area contributed by atoms with Crippen molar-refractivity contribution in [3.8, 4) is 0 Å². The summed E-state index contributed by atoms with van der Waals surface area (Å²) in [5.74, 6) is 0. The first-order valence-corrected chi connectivity index (χ1v) is 12.4. The van der Waals surface area contributed by atoms with Crippen LogP contribution in [-0.2, 0) is 13.0 Å². The lowest BCUT2D eigenvalue weighted by Gasteiger charge is -2.26. The second-order valence-corrected chi connectivity index (χ2v) is 10.1. The van der Waals surface area contributed by atoms with Crippen LogP contribution in [-0.4, -0.2) is 52.0 Å². The maximum Gasteiger partial charge on any atom is 0.0924 e. The number of hydrogen-bond acceptors (Lipinski definition) is 4. The summed E-state index contributed by atoms with van der Waals surface area (Å²) < 4.78 is 0. The summed E-state index contributed by atoms with van der Waals surface area (Å²) in [5.41, 5.74) is 4.98. The highest BCUT2D eigenvalue weighted by Gasteiger charge is 2.17. The van der Waals surface area contributed by atoms with Crippen LogP contribution in [0.3, 0.4) is 0 Å². The number of likely N-dealkylation sites (tertiary alicyclic amines) is 1. The van der Waals surface area contributed by atoms with E-state index in [1.54, 1.807) is 0 Å². The zero-order valence-electron chi connectivity index (χ0n) is 20.8. The molecule has 5 nitrogen and oxygen atoms in total. The first-order valence-electron chi connectivity index (χ1n) is 12.4. The Balaban J connectivity index is 0.000000162. The smallest absolute Gasteiger partial charge is 0.0924 e. The number of rotatable bonds is 7. The van der Waals surface area contributed by atoms with Gasteiger partial charge in [-0.1, -0.05) is 54.1 Å². The van der Waals surface area contributed by atoms with Gasteiger partial charge in [0.2, 0.25) is 0 Å². The largest absolute Gasteiger partial charge is 0.395 e. The minimum Gasteiger partial charge on any atom is -0.395 e. The Morgan fingerprint density at radius 1 is 1.00 bits per heavy atom. The van der Waals surface area contributed by atoms with Crippen LogP contribution in [0, 0.1) is 6.92 Å². The molecule has 34 heavy (non-hydrogen) atoms. The van der Waals surface area contributed by atoms with Gasteiger partial charge in [-0.05, 0) is 81.6 Å². The summed E-state index contributed by atoms with van der Waals surface area (Å²) >= 11 is 0. The van der Waals surface area contributed by atoms with Crippen LogP contribution in [0.15, 0.2) is 60.7 Å². The molecule has 1 aliphatic heterocycles. The lowest BCUT2D eigenvalue weighted by atomic mass is 9.93. The van der Waals surface area contributed by atoms with Gasteiger partial charge in [0.05, 0.1) is 17.8 Å². The Bertz CT molecular complexity index is 1210. The Morgan fingerprint density at radius 2 is 1.76 bits per heavy atom. The first-order chi connectivity index (χ1) is 16.4. The van der Waals surface area contributed by atoms with Gasteiger partial charge in [-0.25, -0.2) is 0 Å². The molecule has 3 aromatic carbocycles. The van der Waals surface area contributed by atoms with Crippen molar-refractivity contribution < 1.29 is 5.11 Å². The molecule has 0 unspecified atom stereocenters. The molecule has 1 fully saturated rings. The molecule has 1 aromatic heterocycles. The Labute approximate surface area is 203 Å². The van der Waals surface area contributed by atoms with Crippen LogP contribution in [0.1, 0.15) is 43.5 Å². The van der Waals surface area contributed by atoms with Gasteiger partial charge in [-0.15, -0.1) is 0 Å². The predicted molar refractivity (Wildman–Crippen MR) is 142 cm³/mol. The van der Waals surface area contributed by atoms with E-state index in [4.69, 9.17) is 5.11 Å². The fraction of sp³-hybridized carbons (Fsp3) is 0.414. The number of aliphatic hydroxyl groups excluding tert-OH is 1. The number of aromatic nitrogens is 2. The van der Waals surface area contributed by atoms with Crippen molar-refractivity contribution in [3.63, 3.8) is 0 Å². The third-order valence-corrected chi connectivity index (χ3v) is 6.54. The van der Waals surface area contributed by atoms with E-state index in [0.717, 1.165) is 18.5 Å². The highest BCUT2D eigenvalue weighted by molar-refractivity contribution is 5.83. The number of nitrogens with one attached hydrogen (secondary N) is 2. The number of β-amino-alcohol motifs (C(OH)–C–C–N with tert-alkyl or cyclic N) is 1. The standard InChI is InChI=1S/C16H21NO.C13H17N3/c1-16(2,17-9-10-18)12-13-7-8-14-5-3-4-6-15(14)11-13;1-10-4-5-12-11(8-10)13(15-14-12)9-16-6-2-3-7-16/h3-8,11,17-18H,9-10,12H2,1-2H3;4-5,8H,2-3,6-7,9H2,1H3,(H,14,15). The van der Waals surface area contributed by atoms with E-state index in [9.17, 15) is 0 Å². The highest BCUT2D eigenvalue weighted by Crippen LogP contribution is 2.21. The number of benzene rings is 3. The summed E-state index contributed by atoms with van der Waals surface area (Å²) in [6.07, 6.45) is 3.63. The molecule has 0 bridgehead atoms. The number of nitrogens with zero attached hydrogens (tertiary/aromatic N) is 2. The Morgan fingerprint density at radius 3 is 2.53 bits per heavy atom. The first kappa shape index (κ1) is 24.4. The molecule has 3 N–H and O–H groups in total. The SMILES string of the molecule is CC(C)(Cc1ccc2ccccc2c1)NCCO.Cc1ccc2n[nH]c(CN3CCCC3)c2c1. The zero-order valence-corrected chi connectivity index (χ0v) is 20.8. The van der Waals surface area contributed by atoms with Gasteiger partial charge in [-0.3, -0.25) is 10.00 Å². The van der Waals surface area contributed by atoms with Gasteiger partial charge >= 0.3 is 0 Å². The minimum absolute atomic E-state index is 0.00515. The molecule has 180 valence electrons. The summed E-state index contributed by atoms with van der Waals surface area (Å²) in [7, 11) is 0. The average Bonchev–Trinajstić information content (AvgIpc) is 3.48. The molecule has 0 aliphatic carbocycles. The van der Waals surface area contributed by atoms with Crippen LogP contribution in [0.25, 0.3) is 21.7 Å². The summed E-state index contributed by atoms with van der Waals surface area (Å²) in [6, 6.07) is 21.5. The monoisotopic (exact) mass is 458 g/mol. The molecule has 0 spiro atoms. The second-order valence-electron chi connectivity index (χ2n) is 10.1. The summed E-state index contributed by atoms with van der Waals surface area (Å²) in [6.45, 7) is 10.8. The van der Waals surface area contributed by atoms with Crippen molar-refractivity contribution in [2.24, 2.45) is 0 Å². The number of aromatic amines is 1. The maximum absolute atomic E-state index is 8.87. The van der Waals surface area contributed by atoms with E-state index in [2.05, 4.69) is 102 Å². The molecular formula is C29H38N4O. The van der Waals surface area contributed by atoms with E-state index in [-0.39, 0.29) is 12.1 Å². The number of H-pyrrole nitrogens is 1. The third kappa shape index (κ3) is 6.44. The van der Waals surface area contributed by atoms with Gasteiger partial charge in [0.25, 0.3) is 0 Å². The van der Waals surface area contributed by atoms with Crippen LogP contribution < -0.4 is 5.32 Å². The topological polar surface area (TPSA) is 64.2 Å². The predicted octanol–water partition coefficient (Wildman–Crippen LogP) is 5.21. The number of aliphatic hydroxyl groups is 1. The molecule has 1 saturated heterocycles.